The van der Waals surface area contributed by atoms with Gasteiger partial charge in [-0.1, -0.05) is 60.5 Å². The van der Waals surface area contributed by atoms with Crippen LogP contribution in [-0.2, 0) is 14.3 Å². The molecule has 0 bridgehead atoms. The van der Waals surface area contributed by atoms with Crippen molar-refractivity contribution in [1.29, 1.82) is 0 Å². The second-order valence-electron chi connectivity index (χ2n) is 5.15. The SMILES string of the molecule is CC[C@@H](C(=O)OCC(=O)Nc1ccc(Cl)cc1Cl)c1ccccc1. The Labute approximate surface area is 150 Å². The van der Waals surface area contributed by atoms with E-state index in [4.69, 9.17) is 27.9 Å². The van der Waals surface area contributed by atoms with Crippen LogP contribution in [0.15, 0.2) is 48.5 Å². The van der Waals surface area contributed by atoms with Gasteiger partial charge in [-0.25, -0.2) is 0 Å². The lowest BCUT2D eigenvalue weighted by Gasteiger charge is -2.14. The molecular weight excluding hydrogens is 349 g/mol. The maximum Gasteiger partial charge on any atom is 0.313 e. The maximum absolute atomic E-state index is 12.2. The highest BCUT2D eigenvalue weighted by Crippen LogP contribution is 2.25. The van der Waals surface area contributed by atoms with Gasteiger partial charge in [0, 0.05) is 5.02 Å². The van der Waals surface area contributed by atoms with E-state index in [2.05, 4.69) is 5.32 Å². The van der Waals surface area contributed by atoms with Gasteiger partial charge in [0.15, 0.2) is 6.61 Å². The third kappa shape index (κ3) is 4.98. The predicted molar refractivity (Wildman–Crippen MR) is 95.5 cm³/mol. The van der Waals surface area contributed by atoms with E-state index in [9.17, 15) is 9.59 Å². The minimum atomic E-state index is -0.463. The molecule has 0 spiro atoms. The van der Waals surface area contributed by atoms with E-state index in [1.807, 2.05) is 37.3 Å². The molecule has 2 aromatic rings. The first kappa shape index (κ1) is 18.3. The van der Waals surface area contributed by atoms with Gasteiger partial charge in [-0.2, -0.15) is 0 Å². The van der Waals surface area contributed by atoms with Gasteiger partial charge in [-0.3, -0.25) is 9.59 Å². The zero-order valence-corrected chi connectivity index (χ0v) is 14.6. The number of carbonyl (C=O) groups excluding carboxylic acids is 2. The summed E-state index contributed by atoms with van der Waals surface area (Å²) in [5, 5.41) is 3.37. The maximum atomic E-state index is 12.2. The van der Waals surface area contributed by atoms with Gasteiger partial charge in [0.1, 0.15) is 0 Å². The fourth-order valence-electron chi connectivity index (χ4n) is 2.24. The standard InChI is InChI=1S/C18H17Cl2NO3/c1-2-14(12-6-4-3-5-7-12)18(23)24-11-17(22)21-16-9-8-13(19)10-15(16)20/h3-10,14H,2,11H2,1H3,(H,21,22)/t14-/m1/s1. The summed E-state index contributed by atoms with van der Waals surface area (Å²) in [7, 11) is 0. The lowest BCUT2D eigenvalue weighted by Crippen LogP contribution is -2.24. The Balaban J connectivity index is 1.92. The number of esters is 1. The predicted octanol–water partition coefficient (Wildman–Crippen LogP) is 4.67. The third-order valence-electron chi connectivity index (χ3n) is 3.45. The highest BCUT2D eigenvalue weighted by molar-refractivity contribution is 6.36. The number of hydrogen-bond acceptors (Lipinski definition) is 3. The lowest BCUT2D eigenvalue weighted by molar-refractivity contribution is -0.149. The van der Waals surface area contributed by atoms with E-state index in [0.717, 1.165) is 5.56 Å². The number of rotatable bonds is 6. The van der Waals surface area contributed by atoms with Crippen molar-refractivity contribution in [3.8, 4) is 0 Å². The van der Waals surface area contributed by atoms with Gasteiger partial charge < -0.3 is 10.1 Å². The highest BCUT2D eigenvalue weighted by atomic mass is 35.5. The summed E-state index contributed by atoms with van der Waals surface area (Å²) in [6, 6.07) is 14.0. The average molecular weight is 366 g/mol. The van der Waals surface area contributed by atoms with Gasteiger partial charge in [-0.15, -0.1) is 0 Å². The molecule has 0 aliphatic heterocycles. The summed E-state index contributed by atoms with van der Waals surface area (Å²) in [4.78, 5) is 24.1. The molecule has 2 rings (SSSR count). The summed E-state index contributed by atoms with van der Waals surface area (Å²) in [5.41, 5.74) is 1.28. The van der Waals surface area contributed by atoms with Crippen LogP contribution in [0.5, 0.6) is 0 Å². The molecule has 0 fully saturated rings. The lowest BCUT2D eigenvalue weighted by atomic mass is 9.97. The Bertz CT molecular complexity index is 719. The largest absolute Gasteiger partial charge is 0.455 e. The summed E-state index contributed by atoms with van der Waals surface area (Å²) in [6.45, 7) is 1.52. The molecule has 2 aromatic carbocycles. The smallest absolute Gasteiger partial charge is 0.313 e. The Hall–Kier alpha value is -2.04. The van der Waals surface area contributed by atoms with Crippen molar-refractivity contribution >= 4 is 40.8 Å². The van der Waals surface area contributed by atoms with Crippen molar-refractivity contribution in [2.45, 2.75) is 19.3 Å². The van der Waals surface area contributed by atoms with Gasteiger partial charge in [0.2, 0.25) is 0 Å². The van der Waals surface area contributed by atoms with Crippen LogP contribution in [0.2, 0.25) is 10.0 Å². The zero-order chi connectivity index (χ0) is 17.5. The molecule has 0 radical (unpaired) electrons. The van der Waals surface area contributed by atoms with E-state index in [-0.39, 0.29) is 6.61 Å². The van der Waals surface area contributed by atoms with E-state index >= 15 is 0 Å². The van der Waals surface area contributed by atoms with Crippen LogP contribution in [0.3, 0.4) is 0 Å². The Morgan fingerprint density at radius 2 is 1.83 bits per heavy atom. The molecule has 0 saturated heterocycles. The monoisotopic (exact) mass is 365 g/mol. The van der Waals surface area contributed by atoms with Crippen LogP contribution in [0.1, 0.15) is 24.8 Å². The fraction of sp³-hybridized carbons (Fsp3) is 0.222. The van der Waals surface area contributed by atoms with Crippen molar-refractivity contribution in [2.75, 3.05) is 11.9 Å². The van der Waals surface area contributed by atoms with Gasteiger partial charge in [0.25, 0.3) is 5.91 Å². The van der Waals surface area contributed by atoms with Crippen molar-refractivity contribution in [3.63, 3.8) is 0 Å². The highest BCUT2D eigenvalue weighted by Gasteiger charge is 2.21. The van der Waals surface area contributed by atoms with E-state index in [0.29, 0.717) is 22.2 Å². The van der Waals surface area contributed by atoms with E-state index in [1.54, 1.807) is 12.1 Å². The molecule has 1 amide bonds. The molecule has 1 N–H and O–H groups in total. The summed E-state index contributed by atoms with van der Waals surface area (Å²) in [6.07, 6.45) is 0.591. The summed E-state index contributed by atoms with van der Waals surface area (Å²) >= 11 is 11.8. The molecular formula is C18H17Cl2NO3. The first-order valence-electron chi connectivity index (χ1n) is 7.47. The van der Waals surface area contributed by atoms with Crippen molar-refractivity contribution in [2.24, 2.45) is 0 Å². The van der Waals surface area contributed by atoms with Gasteiger partial charge in [0.05, 0.1) is 16.6 Å². The number of benzene rings is 2. The quantitative estimate of drug-likeness (QED) is 0.756. The Kier molecular flexibility index (Phi) is 6.64. The molecule has 4 nitrogen and oxygen atoms in total. The molecule has 126 valence electrons. The molecule has 0 unspecified atom stereocenters. The Morgan fingerprint density at radius 1 is 1.12 bits per heavy atom. The second-order valence-corrected chi connectivity index (χ2v) is 6.00. The molecule has 1 atom stereocenters. The molecule has 0 saturated carbocycles. The normalized spacial score (nSPS) is 11.6. The molecule has 6 heteroatoms. The van der Waals surface area contributed by atoms with E-state index in [1.165, 1.54) is 6.07 Å². The van der Waals surface area contributed by atoms with Crippen LogP contribution in [0.4, 0.5) is 5.69 Å². The first-order chi connectivity index (χ1) is 11.5. The number of ether oxygens (including phenoxy) is 1. The number of carbonyl (C=O) groups is 2. The van der Waals surface area contributed by atoms with Crippen LogP contribution in [-0.4, -0.2) is 18.5 Å². The topological polar surface area (TPSA) is 55.4 Å². The molecule has 24 heavy (non-hydrogen) atoms. The van der Waals surface area contributed by atoms with Crippen molar-refractivity contribution in [3.05, 3.63) is 64.1 Å². The summed E-state index contributed by atoms with van der Waals surface area (Å²) < 4.78 is 5.13. The number of amides is 1. The van der Waals surface area contributed by atoms with Crippen LogP contribution in [0, 0.1) is 0 Å². The number of nitrogens with one attached hydrogen (secondary N) is 1. The van der Waals surface area contributed by atoms with Gasteiger partial charge >= 0.3 is 5.97 Å². The van der Waals surface area contributed by atoms with Crippen molar-refractivity contribution < 1.29 is 14.3 Å². The zero-order valence-electron chi connectivity index (χ0n) is 13.1. The minimum absolute atomic E-state index is 0.317. The minimum Gasteiger partial charge on any atom is -0.455 e. The molecule has 0 heterocycles. The number of halogens is 2. The van der Waals surface area contributed by atoms with Gasteiger partial charge in [-0.05, 0) is 30.2 Å². The second kappa shape index (κ2) is 8.71. The first-order valence-corrected chi connectivity index (χ1v) is 8.23. The van der Waals surface area contributed by atoms with E-state index < -0.39 is 17.8 Å². The fourth-order valence-corrected chi connectivity index (χ4v) is 2.69. The number of anilines is 1. The third-order valence-corrected chi connectivity index (χ3v) is 3.99. The number of hydrogen-bond donors (Lipinski definition) is 1. The molecule has 0 aromatic heterocycles. The summed E-state index contributed by atoms with van der Waals surface area (Å²) in [5.74, 6) is -1.28. The van der Waals surface area contributed by atoms with Crippen molar-refractivity contribution in [1.82, 2.24) is 0 Å². The molecule has 0 aliphatic carbocycles. The van der Waals surface area contributed by atoms with Crippen LogP contribution < -0.4 is 5.32 Å². The van der Waals surface area contributed by atoms with Crippen LogP contribution >= 0.6 is 23.2 Å². The Morgan fingerprint density at radius 3 is 2.46 bits per heavy atom. The van der Waals surface area contributed by atoms with Crippen LogP contribution in [0.25, 0.3) is 0 Å². The average Bonchev–Trinajstić information content (AvgIpc) is 2.57. The molecule has 0 aliphatic rings.